The lowest BCUT2D eigenvalue weighted by atomic mass is 10.3. The molecule has 0 fully saturated rings. The molecule has 0 bridgehead atoms. The number of carbonyl (C=O) groups is 1. The van der Waals surface area contributed by atoms with Crippen LogP contribution >= 0.6 is 0 Å². The maximum absolute atomic E-state index is 12.7. The van der Waals surface area contributed by atoms with E-state index in [4.69, 9.17) is 4.74 Å². The Labute approximate surface area is 124 Å². The van der Waals surface area contributed by atoms with Crippen molar-refractivity contribution in [2.24, 2.45) is 0 Å². The number of amides is 1. The van der Waals surface area contributed by atoms with E-state index in [1.165, 1.54) is 28.8 Å². The number of nitrogens with one attached hydrogen (secondary N) is 1. The average molecular weight is 308 g/mol. The predicted octanol–water partition coefficient (Wildman–Crippen LogP) is 2.49. The summed E-state index contributed by atoms with van der Waals surface area (Å²) < 4.78 is 19.0. The molecule has 0 aliphatic carbocycles. The Hall–Kier alpha value is -2.97. The van der Waals surface area contributed by atoms with Gasteiger partial charge in [0.1, 0.15) is 25.2 Å². The monoisotopic (exact) mass is 308 g/mol. The average Bonchev–Trinajstić information content (AvgIpc) is 2.83. The van der Waals surface area contributed by atoms with Crippen molar-refractivity contribution in [2.75, 3.05) is 11.9 Å². The van der Waals surface area contributed by atoms with E-state index < -0.39 is 16.8 Å². The minimum absolute atomic E-state index is 0.0644. The summed E-state index contributed by atoms with van der Waals surface area (Å²) in [6.45, 7) is 1.66. The third kappa shape index (κ3) is 3.78. The fourth-order valence-electron chi connectivity index (χ4n) is 1.80. The fourth-order valence-corrected chi connectivity index (χ4v) is 1.80. The van der Waals surface area contributed by atoms with Crippen molar-refractivity contribution in [1.29, 1.82) is 0 Å². The maximum atomic E-state index is 12.7. The summed E-state index contributed by atoms with van der Waals surface area (Å²) in [4.78, 5) is 25.6. The second kappa shape index (κ2) is 6.66. The van der Waals surface area contributed by atoms with Crippen LogP contribution in [0.4, 0.5) is 20.7 Å². The van der Waals surface area contributed by atoms with Gasteiger partial charge in [0.15, 0.2) is 5.82 Å². The number of aromatic nitrogens is 2. The van der Waals surface area contributed by atoms with E-state index in [0.29, 0.717) is 11.5 Å². The van der Waals surface area contributed by atoms with Gasteiger partial charge < -0.3 is 14.9 Å². The van der Waals surface area contributed by atoms with Gasteiger partial charge in [0.2, 0.25) is 0 Å². The Bertz CT molecular complexity index is 684. The molecule has 8 nitrogen and oxygen atoms in total. The molecule has 1 aromatic carbocycles. The highest BCUT2D eigenvalue weighted by molar-refractivity contribution is 5.84. The normalized spacial score (nSPS) is 10.3. The van der Waals surface area contributed by atoms with E-state index >= 15 is 0 Å². The number of carbonyl (C=O) groups excluding carboxylic acids is 1. The zero-order valence-corrected chi connectivity index (χ0v) is 11.7. The summed E-state index contributed by atoms with van der Waals surface area (Å²) in [5.41, 5.74) is 0.385. The number of halogens is 1. The Morgan fingerprint density at radius 2 is 2.14 bits per heavy atom. The lowest BCUT2D eigenvalue weighted by molar-refractivity contribution is -0.392. The highest BCUT2D eigenvalue weighted by Crippen LogP contribution is 2.13. The molecule has 1 amide bonds. The van der Waals surface area contributed by atoms with Gasteiger partial charge in [0.25, 0.3) is 0 Å². The molecule has 1 heterocycles. The lowest BCUT2D eigenvalue weighted by Crippen LogP contribution is -2.18. The number of hydrogen-bond donors (Lipinski definition) is 1. The Balaban J connectivity index is 1.86. The number of imidazole rings is 1. The van der Waals surface area contributed by atoms with Gasteiger partial charge in [-0.1, -0.05) is 0 Å². The van der Waals surface area contributed by atoms with E-state index in [1.54, 1.807) is 6.92 Å². The van der Waals surface area contributed by atoms with Crippen molar-refractivity contribution in [3.63, 3.8) is 0 Å². The van der Waals surface area contributed by atoms with Crippen molar-refractivity contribution in [3.8, 4) is 0 Å². The molecule has 2 rings (SSSR count). The molecule has 0 saturated carbocycles. The Kier molecular flexibility index (Phi) is 4.66. The summed E-state index contributed by atoms with van der Waals surface area (Å²) in [6.07, 6.45) is 0.417. The predicted molar refractivity (Wildman–Crippen MR) is 75.0 cm³/mol. The molecular formula is C13H13FN4O4. The lowest BCUT2D eigenvalue weighted by Gasteiger charge is -2.07. The molecule has 0 aliphatic heterocycles. The number of anilines is 1. The van der Waals surface area contributed by atoms with Crippen LogP contribution in [0, 0.1) is 22.9 Å². The molecule has 0 aliphatic rings. The molecular weight excluding hydrogens is 295 g/mol. The summed E-state index contributed by atoms with van der Waals surface area (Å²) in [5, 5.41) is 13.2. The van der Waals surface area contributed by atoms with Crippen molar-refractivity contribution >= 4 is 17.6 Å². The number of benzene rings is 1. The third-order valence-electron chi connectivity index (χ3n) is 2.86. The van der Waals surface area contributed by atoms with Gasteiger partial charge >= 0.3 is 11.9 Å². The standard InChI is InChI=1S/C13H13FN4O4/c1-9-15-8-12(18(20)21)17(9)6-7-22-13(19)16-11-4-2-10(14)3-5-11/h2-5,8H,6-7H2,1H3,(H,16,19). The second-order valence-corrected chi connectivity index (χ2v) is 4.34. The summed E-state index contributed by atoms with van der Waals surface area (Å²) in [5.74, 6) is -0.129. The van der Waals surface area contributed by atoms with E-state index in [1.807, 2.05) is 0 Å². The van der Waals surface area contributed by atoms with Gasteiger partial charge in [0, 0.05) is 12.6 Å². The SMILES string of the molecule is Cc1ncc([N+](=O)[O-])n1CCOC(=O)Nc1ccc(F)cc1. The fraction of sp³-hybridized carbons (Fsp3) is 0.231. The summed E-state index contributed by atoms with van der Waals surface area (Å²) in [7, 11) is 0. The van der Waals surface area contributed by atoms with Gasteiger partial charge in [0.05, 0.1) is 0 Å². The number of rotatable bonds is 5. The first-order valence-corrected chi connectivity index (χ1v) is 6.33. The number of nitrogens with zero attached hydrogens (tertiary/aromatic N) is 3. The molecule has 0 spiro atoms. The van der Waals surface area contributed by atoms with Crippen LogP contribution in [0.5, 0.6) is 0 Å². The van der Waals surface area contributed by atoms with Crippen LogP contribution in [0.3, 0.4) is 0 Å². The Morgan fingerprint density at radius 1 is 1.45 bits per heavy atom. The zero-order chi connectivity index (χ0) is 16.1. The number of aryl methyl sites for hydroxylation is 1. The van der Waals surface area contributed by atoms with E-state index in [0.717, 1.165) is 6.20 Å². The molecule has 1 aromatic heterocycles. The molecule has 0 saturated heterocycles. The first-order chi connectivity index (χ1) is 10.5. The first-order valence-electron chi connectivity index (χ1n) is 6.33. The van der Waals surface area contributed by atoms with Crippen LogP contribution in [-0.4, -0.2) is 27.2 Å². The second-order valence-electron chi connectivity index (χ2n) is 4.34. The molecule has 1 N–H and O–H groups in total. The van der Waals surface area contributed by atoms with E-state index in [-0.39, 0.29) is 19.0 Å². The molecule has 22 heavy (non-hydrogen) atoms. The van der Waals surface area contributed by atoms with Crippen LogP contribution in [0.15, 0.2) is 30.5 Å². The van der Waals surface area contributed by atoms with Gasteiger partial charge in [-0.25, -0.2) is 18.7 Å². The van der Waals surface area contributed by atoms with Crippen LogP contribution < -0.4 is 5.32 Å². The minimum Gasteiger partial charge on any atom is -0.445 e. The van der Waals surface area contributed by atoms with Crippen molar-refractivity contribution < 1.29 is 18.8 Å². The third-order valence-corrected chi connectivity index (χ3v) is 2.86. The van der Waals surface area contributed by atoms with Crippen LogP contribution in [0.25, 0.3) is 0 Å². The molecule has 0 unspecified atom stereocenters. The molecule has 0 radical (unpaired) electrons. The quantitative estimate of drug-likeness (QED) is 0.675. The molecule has 9 heteroatoms. The molecule has 2 aromatic rings. The minimum atomic E-state index is -0.730. The van der Waals surface area contributed by atoms with Crippen LogP contribution in [-0.2, 0) is 11.3 Å². The van der Waals surface area contributed by atoms with Gasteiger partial charge in [-0.2, -0.15) is 0 Å². The summed E-state index contributed by atoms with van der Waals surface area (Å²) >= 11 is 0. The van der Waals surface area contributed by atoms with Crippen LogP contribution in [0.2, 0.25) is 0 Å². The van der Waals surface area contributed by atoms with E-state index in [2.05, 4.69) is 10.3 Å². The largest absolute Gasteiger partial charge is 0.445 e. The highest BCUT2D eigenvalue weighted by atomic mass is 19.1. The van der Waals surface area contributed by atoms with Crippen molar-refractivity contribution in [1.82, 2.24) is 9.55 Å². The smallest absolute Gasteiger partial charge is 0.411 e. The van der Waals surface area contributed by atoms with Crippen molar-refractivity contribution in [2.45, 2.75) is 13.5 Å². The number of ether oxygens (including phenoxy) is 1. The first kappa shape index (κ1) is 15.4. The topological polar surface area (TPSA) is 99.3 Å². The number of nitro groups is 1. The maximum Gasteiger partial charge on any atom is 0.411 e. The Morgan fingerprint density at radius 3 is 2.77 bits per heavy atom. The highest BCUT2D eigenvalue weighted by Gasteiger charge is 2.17. The molecule has 0 atom stereocenters. The van der Waals surface area contributed by atoms with Crippen LogP contribution in [0.1, 0.15) is 5.82 Å². The molecule has 116 valence electrons. The van der Waals surface area contributed by atoms with Gasteiger partial charge in [-0.15, -0.1) is 0 Å². The van der Waals surface area contributed by atoms with Gasteiger partial charge in [-0.3, -0.25) is 5.32 Å². The van der Waals surface area contributed by atoms with Gasteiger partial charge in [-0.05, 0) is 29.2 Å². The summed E-state index contributed by atoms with van der Waals surface area (Å²) in [6, 6.07) is 5.19. The van der Waals surface area contributed by atoms with E-state index in [9.17, 15) is 19.3 Å². The number of hydrogen-bond acceptors (Lipinski definition) is 5. The zero-order valence-electron chi connectivity index (χ0n) is 11.7. The van der Waals surface area contributed by atoms with Crippen molar-refractivity contribution in [3.05, 3.63) is 52.2 Å².